The molecule has 2 aromatic carbocycles. The second-order valence-corrected chi connectivity index (χ2v) is 5.99. The molecule has 0 unspecified atom stereocenters. The van der Waals surface area contributed by atoms with Crippen molar-refractivity contribution in [2.45, 2.75) is 24.5 Å². The smallest absolute Gasteiger partial charge is 0.317 e. The third-order valence-corrected chi connectivity index (χ3v) is 4.07. The molecule has 0 saturated heterocycles. The summed E-state index contributed by atoms with van der Waals surface area (Å²) in [5, 5.41) is 2.75. The molecule has 4 nitrogen and oxygen atoms in total. The predicted molar refractivity (Wildman–Crippen MR) is 91.0 cm³/mol. The van der Waals surface area contributed by atoms with Crippen molar-refractivity contribution in [2.75, 3.05) is 5.75 Å². The van der Waals surface area contributed by atoms with E-state index in [9.17, 15) is 9.59 Å². The fourth-order valence-electron chi connectivity index (χ4n) is 1.87. The first-order valence-electron chi connectivity index (χ1n) is 7.34. The van der Waals surface area contributed by atoms with Crippen LogP contribution in [0.1, 0.15) is 12.5 Å². The van der Waals surface area contributed by atoms with E-state index in [-0.39, 0.29) is 11.7 Å². The van der Waals surface area contributed by atoms with Crippen LogP contribution in [-0.4, -0.2) is 23.7 Å². The monoisotopic (exact) mass is 329 g/mol. The molecule has 1 atom stereocenters. The van der Waals surface area contributed by atoms with Crippen molar-refractivity contribution < 1.29 is 14.3 Å². The minimum absolute atomic E-state index is 0.181. The SMILES string of the molecule is C[C@@H](OC(=O)CSc1ccccc1)C(=O)NCc1ccccc1. The Labute approximate surface area is 140 Å². The van der Waals surface area contributed by atoms with Gasteiger partial charge in [-0.1, -0.05) is 48.5 Å². The Balaban J connectivity index is 1.71. The molecule has 1 N–H and O–H groups in total. The summed E-state index contributed by atoms with van der Waals surface area (Å²) in [6.07, 6.45) is -0.803. The van der Waals surface area contributed by atoms with Crippen LogP contribution in [0, 0.1) is 0 Å². The summed E-state index contributed by atoms with van der Waals surface area (Å²) in [6, 6.07) is 19.2. The maximum absolute atomic E-state index is 11.9. The van der Waals surface area contributed by atoms with E-state index in [4.69, 9.17) is 4.74 Å². The summed E-state index contributed by atoms with van der Waals surface area (Å²) in [4.78, 5) is 24.7. The maximum atomic E-state index is 11.9. The molecule has 0 fully saturated rings. The molecule has 0 spiro atoms. The normalized spacial score (nSPS) is 11.5. The summed E-state index contributed by atoms with van der Waals surface area (Å²) in [5.41, 5.74) is 0.999. The van der Waals surface area contributed by atoms with Gasteiger partial charge in [0.1, 0.15) is 0 Å². The van der Waals surface area contributed by atoms with Crippen molar-refractivity contribution in [3.63, 3.8) is 0 Å². The van der Waals surface area contributed by atoms with Gasteiger partial charge in [-0.25, -0.2) is 0 Å². The lowest BCUT2D eigenvalue weighted by molar-refractivity contribution is -0.152. The highest BCUT2D eigenvalue weighted by Gasteiger charge is 2.17. The van der Waals surface area contributed by atoms with Gasteiger partial charge < -0.3 is 10.1 Å². The largest absolute Gasteiger partial charge is 0.452 e. The topological polar surface area (TPSA) is 55.4 Å². The number of rotatable bonds is 7. The van der Waals surface area contributed by atoms with Gasteiger partial charge >= 0.3 is 5.97 Å². The Morgan fingerprint density at radius 1 is 1.04 bits per heavy atom. The quantitative estimate of drug-likeness (QED) is 0.627. The third-order valence-electron chi connectivity index (χ3n) is 3.09. The van der Waals surface area contributed by atoms with Gasteiger partial charge in [0.05, 0.1) is 5.75 Å². The summed E-state index contributed by atoms with van der Waals surface area (Å²) in [6.45, 7) is 1.99. The highest BCUT2D eigenvalue weighted by Crippen LogP contribution is 2.17. The minimum Gasteiger partial charge on any atom is -0.452 e. The molecule has 23 heavy (non-hydrogen) atoms. The van der Waals surface area contributed by atoms with Crippen molar-refractivity contribution in [3.8, 4) is 0 Å². The van der Waals surface area contributed by atoms with E-state index < -0.39 is 12.1 Å². The van der Waals surface area contributed by atoms with E-state index in [1.54, 1.807) is 6.92 Å². The number of nitrogens with one attached hydrogen (secondary N) is 1. The molecule has 5 heteroatoms. The molecule has 0 aromatic heterocycles. The zero-order valence-electron chi connectivity index (χ0n) is 12.9. The van der Waals surface area contributed by atoms with Gasteiger partial charge in [-0.3, -0.25) is 9.59 Å². The third kappa shape index (κ3) is 6.16. The van der Waals surface area contributed by atoms with E-state index in [2.05, 4.69) is 5.32 Å². The van der Waals surface area contributed by atoms with E-state index in [1.165, 1.54) is 11.8 Å². The number of esters is 1. The first kappa shape index (κ1) is 17.1. The lowest BCUT2D eigenvalue weighted by Crippen LogP contribution is -2.35. The van der Waals surface area contributed by atoms with Crippen LogP contribution in [0.2, 0.25) is 0 Å². The zero-order valence-corrected chi connectivity index (χ0v) is 13.7. The molecular formula is C18H19NO3S. The van der Waals surface area contributed by atoms with Crippen molar-refractivity contribution in [2.24, 2.45) is 0 Å². The van der Waals surface area contributed by atoms with E-state index >= 15 is 0 Å². The number of carbonyl (C=O) groups is 2. The Hall–Kier alpha value is -2.27. The van der Waals surface area contributed by atoms with Crippen molar-refractivity contribution >= 4 is 23.6 Å². The summed E-state index contributed by atoms with van der Waals surface area (Å²) in [7, 11) is 0. The maximum Gasteiger partial charge on any atom is 0.317 e. The van der Waals surface area contributed by atoms with Crippen molar-refractivity contribution in [1.82, 2.24) is 5.32 Å². The fraction of sp³-hybridized carbons (Fsp3) is 0.222. The Kier molecular flexibility index (Phi) is 6.69. The molecule has 0 bridgehead atoms. The molecular weight excluding hydrogens is 310 g/mol. The van der Waals surface area contributed by atoms with E-state index in [0.29, 0.717) is 6.54 Å². The average molecular weight is 329 g/mol. The van der Waals surface area contributed by atoms with Gasteiger partial charge in [-0.05, 0) is 24.6 Å². The van der Waals surface area contributed by atoms with Crippen LogP contribution in [0.5, 0.6) is 0 Å². The number of carbonyl (C=O) groups excluding carboxylic acids is 2. The number of ether oxygens (including phenoxy) is 1. The Morgan fingerprint density at radius 3 is 2.30 bits per heavy atom. The number of thioether (sulfide) groups is 1. The number of hydrogen-bond acceptors (Lipinski definition) is 4. The van der Waals surface area contributed by atoms with Crippen LogP contribution in [0.3, 0.4) is 0 Å². The first-order valence-corrected chi connectivity index (χ1v) is 8.32. The molecule has 0 radical (unpaired) electrons. The van der Waals surface area contributed by atoms with Gasteiger partial charge in [0.15, 0.2) is 6.10 Å². The molecule has 0 aliphatic carbocycles. The van der Waals surface area contributed by atoms with E-state index in [0.717, 1.165) is 10.5 Å². The van der Waals surface area contributed by atoms with Gasteiger partial charge in [0.2, 0.25) is 0 Å². The van der Waals surface area contributed by atoms with Crippen LogP contribution < -0.4 is 5.32 Å². The van der Waals surface area contributed by atoms with Crippen LogP contribution in [0.15, 0.2) is 65.6 Å². The number of benzene rings is 2. The highest BCUT2D eigenvalue weighted by molar-refractivity contribution is 8.00. The average Bonchev–Trinajstić information content (AvgIpc) is 2.59. The molecule has 0 aliphatic heterocycles. The summed E-state index contributed by atoms with van der Waals surface area (Å²) in [5.74, 6) is -0.520. The van der Waals surface area contributed by atoms with Crippen molar-refractivity contribution in [3.05, 3.63) is 66.2 Å². The van der Waals surface area contributed by atoms with Gasteiger partial charge in [-0.2, -0.15) is 0 Å². The number of hydrogen-bond donors (Lipinski definition) is 1. The molecule has 0 saturated carbocycles. The molecule has 2 aromatic rings. The summed E-state index contributed by atoms with van der Waals surface area (Å²) < 4.78 is 5.15. The lowest BCUT2D eigenvalue weighted by atomic mass is 10.2. The fourth-order valence-corrected chi connectivity index (χ4v) is 2.57. The highest BCUT2D eigenvalue weighted by atomic mass is 32.2. The Bertz CT molecular complexity index is 631. The molecule has 120 valence electrons. The van der Waals surface area contributed by atoms with Gasteiger partial charge in [-0.15, -0.1) is 11.8 Å². The second kappa shape index (κ2) is 9.00. The van der Waals surface area contributed by atoms with Crippen LogP contribution >= 0.6 is 11.8 Å². The second-order valence-electron chi connectivity index (χ2n) is 4.94. The molecule has 0 aliphatic rings. The first-order chi connectivity index (χ1) is 11.1. The van der Waals surface area contributed by atoms with Gasteiger partial charge in [0, 0.05) is 11.4 Å². The summed E-state index contributed by atoms with van der Waals surface area (Å²) >= 11 is 1.39. The lowest BCUT2D eigenvalue weighted by Gasteiger charge is -2.13. The molecule has 1 amide bonds. The zero-order chi connectivity index (χ0) is 16.5. The van der Waals surface area contributed by atoms with Gasteiger partial charge in [0.25, 0.3) is 5.91 Å². The standard InChI is InChI=1S/C18H19NO3S/c1-14(18(21)19-12-15-8-4-2-5-9-15)22-17(20)13-23-16-10-6-3-7-11-16/h2-11,14H,12-13H2,1H3,(H,19,21)/t14-/m1/s1. The van der Waals surface area contributed by atoms with E-state index in [1.807, 2.05) is 60.7 Å². The predicted octanol–water partition coefficient (Wildman–Crippen LogP) is 3.03. The Morgan fingerprint density at radius 2 is 1.65 bits per heavy atom. The van der Waals surface area contributed by atoms with Crippen molar-refractivity contribution in [1.29, 1.82) is 0 Å². The molecule has 2 rings (SSSR count). The van der Waals surface area contributed by atoms with Crippen LogP contribution in [0.25, 0.3) is 0 Å². The van der Waals surface area contributed by atoms with Crippen LogP contribution in [-0.2, 0) is 20.9 Å². The van der Waals surface area contributed by atoms with Crippen LogP contribution in [0.4, 0.5) is 0 Å². The molecule has 0 heterocycles. The minimum atomic E-state index is -0.803. The number of amides is 1.